The van der Waals surface area contributed by atoms with E-state index in [1.807, 2.05) is 0 Å². The van der Waals surface area contributed by atoms with Gasteiger partial charge in [-0.1, -0.05) is 0 Å². The fourth-order valence-electron chi connectivity index (χ4n) is 0.574. The van der Waals surface area contributed by atoms with Gasteiger partial charge in [0.2, 0.25) is 0 Å². The molecule has 0 aliphatic carbocycles. The van der Waals surface area contributed by atoms with E-state index in [0.29, 0.717) is 19.8 Å². The fraction of sp³-hybridized carbons (Fsp3) is 0.857. The Morgan fingerprint density at radius 2 is 2.20 bits per heavy atom. The summed E-state index contributed by atoms with van der Waals surface area (Å²) in [5.74, 6) is 0. The van der Waals surface area contributed by atoms with Gasteiger partial charge in [0, 0.05) is 20.1 Å². The molecule has 0 atom stereocenters. The van der Waals surface area contributed by atoms with E-state index >= 15 is 0 Å². The molecule has 0 bridgehead atoms. The molecule has 60 valence electrons. The first-order valence-corrected chi connectivity index (χ1v) is 3.42. The summed E-state index contributed by atoms with van der Waals surface area (Å²) in [7, 11) is 1.59. The van der Waals surface area contributed by atoms with E-state index in [1.165, 1.54) is 0 Å². The predicted octanol–water partition coefficient (Wildman–Crippen LogP) is 0.976. The van der Waals surface area contributed by atoms with Gasteiger partial charge in [0.15, 0.2) is 0 Å². The molecule has 0 saturated carbocycles. The van der Waals surface area contributed by atoms with Crippen LogP contribution in [-0.2, 0) is 14.3 Å². The van der Waals surface area contributed by atoms with Crippen LogP contribution in [0.1, 0.15) is 19.3 Å². The van der Waals surface area contributed by atoms with Crippen molar-refractivity contribution >= 4 is 6.29 Å². The van der Waals surface area contributed by atoms with E-state index in [-0.39, 0.29) is 0 Å². The molecule has 0 heterocycles. The minimum atomic E-state index is 0.348. The number of rotatable bonds is 7. The summed E-state index contributed by atoms with van der Waals surface area (Å²) >= 11 is 0. The summed E-state index contributed by atoms with van der Waals surface area (Å²) in [6.45, 7) is 1.03. The zero-order valence-corrected chi connectivity index (χ0v) is 6.34. The minimum absolute atomic E-state index is 0.348. The van der Waals surface area contributed by atoms with E-state index < -0.39 is 0 Å². The molecule has 0 radical (unpaired) electrons. The Kier molecular flexibility index (Phi) is 8.24. The topological polar surface area (TPSA) is 35.5 Å². The van der Waals surface area contributed by atoms with Crippen molar-refractivity contribution in [1.82, 2.24) is 0 Å². The minimum Gasteiger partial charge on any atom is -0.359 e. The first-order valence-electron chi connectivity index (χ1n) is 3.42. The predicted molar refractivity (Wildman–Crippen MR) is 37.7 cm³/mol. The fourth-order valence-corrected chi connectivity index (χ4v) is 0.574. The summed E-state index contributed by atoms with van der Waals surface area (Å²) in [5.41, 5.74) is 0. The highest BCUT2D eigenvalue weighted by Crippen LogP contribution is 1.92. The van der Waals surface area contributed by atoms with E-state index in [0.717, 1.165) is 19.1 Å². The lowest BCUT2D eigenvalue weighted by Crippen LogP contribution is -1.98. The normalized spacial score (nSPS) is 9.70. The standard InChI is InChI=1S/C7H14O3/c1-9-7-10-6-4-2-3-5-8/h5H,2-4,6-7H2,1H3. The molecule has 0 aromatic heterocycles. The number of hydrogen-bond donors (Lipinski definition) is 0. The molecule has 0 aliphatic rings. The Morgan fingerprint density at radius 1 is 1.40 bits per heavy atom. The lowest BCUT2D eigenvalue weighted by Gasteiger charge is -1.99. The third-order valence-corrected chi connectivity index (χ3v) is 1.06. The maximum absolute atomic E-state index is 9.83. The first kappa shape index (κ1) is 9.59. The van der Waals surface area contributed by atoms with Crippen molar-refractivity contribution in [2.45, 2.75) is 19.3 Å². The van der Waals surface area contributed by atoms with E-state index in [1.54, 1.807) is 7.11 Å². The molecule has 0 aromatic rings. The second kappa shape index (κ2) is 8.59. The van der Waals surface area contributed by atoms with Gasteiger partial charge in [-0.05, 0) is 12.8 Å². The summed E-state index contributed by atoms with van der Waals surface area (Å²) in [5, 5.41) is 0. The Hall–Kier alpha value is -0.410. The number of carbonyl (C=O) groups excluding carboxylic acids is 1. The van der Waals surface area contributed by atoms with Crippen LogP contribution in [0.25, 0.3) is 0 Å². The number of carbonyl (C=O) groups is 1. The van der Waals surface area contributed by atoms with Gasteiger partial charge in [-0.15, -0.1) is 0 Å². The summed E-state index contributed by atoms with van der Waals surface area (Å²) in [4.78, 5) is 9.83. The first-order chi connectivity index (χ1) is 4.91. The molecule has 0 aromatic carbocycles. The summed E-state index contributed by atoms with van der Waals surface area (Å²) < 4.78 is 9.65. The quantitative estimate of drug-likeness (QED) is 0.305. The lowest BCUT2D eigenvalue weighted by atomic mass is 10.3. The van der Waals surface area contributed by atoms with Crippen LogP contribution in [0.15, 0.2) is 0 Å². The van der Waals surface area contributed by atoms with Crippen LogP contribution in [-0.4, -0.2) is 26.8 Å². The summed E-state index contributed by atoms with van der Waals surface area (Å²) in [6.07, 6.45) is 3.40. The molecular formula is C7H14O3. The molecule has 0 N–H and O–H groups in total. The van der Waals surface area contributed by atoms with Crippen molar-refractivity contribution in [3.8, 4) is 0 Å². The van der Waals surface area contributed by atoms with Gasteiger partial charge >= 0.3 is 0 Å². The molecule has 10 heavy (non-hydrogen) atoms. The molecule has 0 unspecified atom stereocenters. The van der Waals surface area contributed by atoms with Crippen LogP contribution in [0.4, 0.5) is 0 Å². The van der Waals surface area contributed by atoms with Gasteiger partial charge in [-0.3, -0.25) is 0 Å². The average molecular weight is 146 g/mol. The average Bonchev–Trinajstić information content (AvgIpc) is 1.97. The van der Waals surface area contributed by atoms with Crippen molar-refractivity contribution < 1.29 is 14.3 Å². The second-order valence-electron chi connectivity index (χ2n) is 1.98. The number of aldehydes is 1. The monoisotopic (exact) mass is 146 g/mol. The van der Waals surface area contributed by atoms with E-state index in [2.05, 4.69) is 4.74 Å². The lowest BCUT2D eigenvalue weighted by molar-refractivity contribution is -0.108. The Bertz CT molecular complexity index is 73.3. The number of methoxy groups -OCH3 is 1. The molecule has 3 nitrogen and oxygen atoms in total. The van der Waals surface area contributed by atoms with Gasteiger partial charge in [-0.2, -0.15) is 0 Å². The molecule has 0 saturated heterocycles. The highest BCUT2D eigenvalue weighted by molar-refractivity contribution is 5.48. The molecular weight excluding hydrogens is 132 g/mol. The van der Waals surface area contributed by atoms with E-state index in [9.17, 15) is 4.79 Å². The molecule has 0 fully saturated rings. The SMILES string of the molecule is COCOCCCCC=O. The van der Waals surface area contributed by atoms with E-state index in [4.69, 9.17) is 4.74 Å². The van der Waals surface area contributed by atoms with Crippen LogP contribution in [0.2, 0.25) is 0 Å². The van der Waals surface area contributed by atoms with Crippen LogP contribution in [0.3, 0.4) is 0 Å². The molecule has 0 amide bonds. The third kappa shape index (κ3) is 7.59. The molecule has 3 heteroatoms. The highest BCUT2D eigenvalue weighted by atomic mass is 16.7. The highest BCUT2D eigenvalue weighted by Gasteiger charge is 1.87. The van der Waals surface area contributed by atoms with Gasteiger partial charge in [0.25, 0.3) is 0 Å². The van der Waals surface area contributed by atoms with Crippen LogP contribution in [0.5, 0.6) is 0 Å². The molecule has 0 aliphatic heterocycles. The number of hydrogen-bond acceptors (Lipinski definition) is 3. The third-order valence-electron chi connectivity index (χ3n) is 1.06. The van der Waals surface area contributed by atoms with Gasteiger partial charge in [0.1, 0.15) is 13.1 Å². The van der Waals surface area contributed by atoms with Gasteiger partial charge in [-0.25, -0.2) is 0 Å². The maximum atomic E-state index is 9.83. The van der Waals surface area contributed by atoms with Crippen molar-refractivity contribution in [3.63, 3.8) is 0 Å². The van der Waals surface area contributed by atoms with Crippen molar-refractivity contribution in [2.75, 3.05) is 20.5 Å². The second-order valence-corrected chi connectivity index (χ2v) is 1.98. The van der Waals surface area contributed by atoms with Crippen molar-refractivity contribution in [2.24, 2.45) is 0 Å². The molecule has 0 rings (SSSR count). The van der Waals surface area contributed by atoms with Gasteiger partial charge in [0.05, 0.1) is 0 Å². The Morgan fingerprint density at radius 3 is 2.80 bits per heavy atom. The maximum Gasteiger partial charge on any atom is 0.146 e. The van der Waals surface area contributed by atoms with Crippen molar-refractivity contribution in [3.05, 3.63) is 0 Å². The Labute approximate surface area is 61.3 Å². The van der Waals surface area contributed by atoms with Gasteiger partial charge < -0.3 is 14.3 Å². The number of ether oxygens (including phenoxy) is 2. The van der Waals surface area contributed by atoms with Crippen molar-refractivity contribution in [1.29, 1.82) is 0 Å². The van der Waals surface area contributed by atoms with Crippen LogP contribution < -0.4 is 0 Å². The largest absolute Gasteiger partial charge is 0.359 e. The summed E-state index contributed by atoms with van der Waals surface area (Å²) in [6, 6.07) is 0. The zero-order valence-electron chi connectivity index (χ0n) is 6.34. The van der Waals surface area contributed by atoms with Crippen LogP contribution >= 0.6 is 0 Å². The number of unbranched alkanes of at least 4 members (excludes halogenated alkanes) is 2. The molecule has 0 spiro atoms. The Balaban J connectivity index is 2.70. The van der Waals surface area contributed by atoms with Crippen LogP contribution in [0, 0.1) is 0 Å². The smallest absolute Gasteiger partial charge is 0.146 e. The zero-order chi connectivity index (χ0) is 7.66.